The van der Waals surface area contributed by atoms with Crippen LogP contribution in [0.15, 0.2) is 146 Å². The van der Waals surface area contributed by atoms with E-state index >= 15 is 0 Å². The van der Waals surface area contributed by atoms with Gasteiger partial charge in [-0.2, -0.15) is 0 Å². The largest absolute Gasteiger partial charge is 0.309 e. The lowest BCUT2D eigenvalue weighted by Crippen LogP contribution is -1.95. The van der Waals surface area contributed by atoms with Crippen LogP contribution in [0.4, 0.5) is 0 Å². The molecule has 0 amide bonds. The quantitative estimate of drug-likeness (QED) is 0.210. The molecule has 1 aliphatic carbocycles. The lowest BCUT2D eigenvalue weighted by atomic mass is 10.0. The van der Waals surface area contributed by atoms with Crippen LogP contribution in [0.5, 0.6) is 0 Å². The van der Waals surface area contributed by atoms with E-state index in [1.807, 2.05) is 0 Å². The molecule has 0 bridgehead atoms. The maximum atomic E-state index is 2.46. The molecule has 0 aliphatic heterocycles. The van der Waals surface area contributed by atoms with Crippen LogP contribution in [0, 0.1) is 0 Å². The van der Waals surface area contributed by atoms with Crippen molar-refractivity contribution < 1.29 is 0 Å². The molecular weight excluding hydrogens is 508 g/mol. The van der Waals surface area contributed by atoms with Crippen LogP contribution in [0.25, 0.3) is 88.0 Å². The highest BCUT2D eigenvalue weighted by atomic mass is 15.0. The highest BCUT2D eigenvalue weighted by Gasteiger charge is 2.24. The molecule has 42 heavy (non-hydrogen) atoms. The van der Waals surface area contributed by atoms with Gasteiger partial charge in [-0.05, 0) is 81.6 Å². The van der Waals surface area contributed by atoms with Crippen molar-refractivity contribution in [2.75, 3.05) is 0 Å². The zero-order valence-electron chi connectivity index (χ0n) is 22.8. The molecule has 0 fully saturated rings. The fraction of sp³-hybridized carbons (Fsp3) is 0. The summed E-state index contributed by atoms with van der Waals surface area (Å²) < 4.78 is 4.87. The molecule has 0 spiro atoms. The molecule has 0 unspecified atom stereocenters. The number of aromatic nitrogens is 2. The molecule has 2 aromatic heterocycles. The van der Waals surface area contributed by atoms with Gasteiger partial charge < -0.3 is 9.13 Å². The zero-order chi connectivity index (χ0) is 27.4. The van der Waals surface area contributed by atoms with E-state index in [4.69, 9.17) is 0 Å². The van der Waals surface area contributed by atoms with Gasteiger partial charge in [-0.3, -0.25) is 0 Å². The highest BCUT2D eigenvalue weighted by Crippen LogP contribution is 2.48. The Morgan fingerprint density at radius 3 is 1.55 bits per heavy atom. The highest BCUT2D eigenvalue weighted by molar-refractivity contribution is 6.29. The van der Waals surface area contributed by atoms with Crippen LogP contribution in [0.3, 0.4) is 0 Å². The maximum absolute atomic E-state index is 2.46. The number of rotatable bonds is 2. The minimum atomic E-state index is 1.18. The molecule has 2 nitrogen and oxygen atoms in total. The van der Waals surface area contributed by atoms with E-state index in [9.17, 15) is 0 Å². The summed E-state index contributed by atoms with van der Waals surface area (Å²) in [5.41, 5.74) is 12.6. The van der Waals surface area contributed by atoms with E-state index in [-0.39, 0.29) is 0 Å². The smallest absolute Gasteiger partial charge is 0.0548 e. The SMILES string of the molecule is c1ccc(-n2c3ccccc3c3c4c5ccccc5n(-c5ccc6c(c5)-c5cccc7cccc-6c57)c4ccc32)cc1. The van der Waals surface area contributed by atoms with Crippen molar-refractivity contribution >= 4 is 54.4 Å². The molecular formula is C40H24N2. The molecule has 10 rings (SSSR count). The van der Waals surface area contributed by atoms with Gasteiger partial charge in [0.05, 0.1) is 22.1 Å². The summed E-state index contributed by atoms with van der Waals surface area (Å²) in [5.74, 6) is 0. The van der Waals surface area contributed by atoms with Crippen LogP contribution in [0.1, 0.15) is 0 Å². The van der Waals surface area contributed by atoms with Crippen molar-refractivity contribution in [3.8, 4) is 33.6 Å². The maximum Gasteiger partial charge on any atom is 0.0548 e. The van der Waals surface area contributed by atoms with Gasteiger partial charge >= 0.3 is 0 Å². The van der Waals surface area contributed by atoms with Crippen molar-refractivity contribution in [3.05, 3.63) is 146 Å². The van der Waals surface area contributed by atoms with Crippen molar-refractivity contribution in [2.45, 2.75) is 0 Å². The lowest BCUT2D eigenvalue weighted by molar-refractivity contribution is 1.17. The second kappa shape index (κ2) is 7.99. The van der Waals surface area contributed by atoms with Gasteiger partial charge in [-0.1, -0.05) is 97.1 Å². The Kier molecular flexibility index (Phi) is 4.21. The molecule has 0 N–H and O–H groups in total. The number of fused-ring (bicyclic) bond motifs is 10. The van der Waals surface area contributed by atoms with E-state index in [0.717, 1.165) is 0 Å². The van der Waals surface area contributed by atoms with Crippen molar-refractivity contribution in [2.24, 2.45) is 0 Å². The first kappa shape index (κ1) is 22.1. The summed E-state index contributed by atoms with van der Waals surface area (Å²) in [5, 5.41) is 7.84. The predicted molar refractivity (Wildman–Crippen MR) is 177 cm³/mol. The van der Waals surface area contributed by atoms with Gasteiger partial charge in [0.2, 0.25) is 0 Å². The summed E-state index contributed by atoms with van der Waals surface area (Å²) in [6, 6.07) is 53.4. The molecule has 1 aliphatic rings. The molecule has 2 heteroatoms. The summed E-state index contributed by atoms with van der Waals surface area (Å²) in [4.78, 5) is 0. The Balaban J connectivity index is 1.32. The number of hydrogen-bond acceptors (Lipinski definition) is 0. The third kappa shape index (κ3) is 2.74. The standard InChI is InChI=1S/C40H24N2/c1-2-12-26(13-3-1)41-34-18-6-4-14-31(34)39-36(41)22-23-37-40(39)32-15-5-7-19-35(32)42(37)27-20-21-28-29-16-8-10-25-11-9-17-30(38(25)29)33(28)24-27/h1-24H. The Bertz CT molecular complexity index is 2560. The lowest BCUT2D eigenvalue weighted by Gasteiger charge is -2.11. The Morgan fingerprint density at radius 1 is 0.310 bits per heavy atom. The van der Waals surface area contributed by atoms with E-state index < -0.39 is 0 Å². The second-order valence-corrected chi connectivity index (χ2v) is 11.3. The van der Waals surface area contributed by atoms with Crippen LogP contribution < -0.4 is 0 Å². The van der Waals surface area contributed by atoms with E-state index in [0.29, 0.717) is 0 Å². The third-order valence-corrected chi connectivity index (χ3v) is 9.23. The first-order valence-electron chi connectivity index (χ1n) is 14.5. The molecule has 2 heterocycles. The van der Waals surface area contributed by atoms with E-state index in [1.54, 1.807) is 0 Å². The van der Waals surface area contributed by atoms with Crippen LogP contribution >= 0.6 is 0 Å². The Labute approximate surface area is 242 Å². The van der Waals surface area contributed by atoms with Gasteiger partial charge in [-0.15, -0.1) is 0 Å². The number of nitrogens with zero attached hydrogens (tertiary/aromatic N) is 2. The molecule has 0 radical (unpaired) electrons. The van der Waals surface area contributed by atoms with Gasteiger partial charge in [0.1, 0.15) is 0 Å². The number of benzene rings is 7. The topological polar surface area (TPSA) is 9.86 Å². The number of para-hydroxylation sites is 3. The molecule has 9 aromatic rings. The first-order valence-corrected chi connectivity index (χ1v) is 14.5. The van der Waals surface area contributed by atoms with Gasteiger partial charge in [-0.25, -0.2) is 0 Å². The van der Waals surface area contributed by atoms with E-state index in [1.165, 1.54) is 88.0 Å². The first-order chi connectivity index (χ1) is 20.9. The van der Waals surface area contributed by atoms with Crippen LogP contribution in [-0.4, -0.2) is 9.13 Å². The summed E-state index contributed by atoms with van der Waals surface area (Å²) >= 11 is 0. The summed E-state index contributed by atoms with van der Waals surface area (Å²) in [6.45, 7) is 0. The van der Waals surface area contributed by atoms with Crippen LogP contribution in [-0.2, 0) is 0 Å². The number of hydrogen-bond donors (Lipinski definition) is 0. The van der Waals surface area contributed by atoms with E-state index in [2.05, 4.69) is 155 Å². The van der Waals surface area contributed by atoms with Gasteiger partial charge in [0.15, 0.2) is 0 Å². The van der Waals surface area contributed by atoms with Gasteiger partial charge in [0, 0.05) is 32.9 Å². The van der Waals surface area contributed by atoms with Crippen molar-refractivity contribution in [1.82, 2.24) is 9.13 Å². The normalized spacial score (nSPS) is 12.3. The second-order valence-electron chi connectivity index (χ2n) is 11.3. The van der Waals surface area contributed by atoms with Crippen LogP contribution in [0.2, 0.25) is 0 Å². The third-order valence-electron chi connectivity index (χ3n) is 9.23. The Hall–Kier alpha value is -5.60. The monoisotopic (exact) mass is 532 g/mol. The zero-order valence-corrected chi connectivity index (χ0v) is 22.8. The van der Waals surface area contributed by atoms with Crippen molar-refractivity contribution in [1.29, 1.82) is 0 Å². The predicted octanol–water partition coefficient (Wildman–Crippen LogP) is 10.7. The molecule has 194 valence electrons. The average Bonchev–Trinajstić information content (AvgIpc) is 3.68. The molecule has 0 saturated carbocycles. The molecule has 0 atom stereocenters. The fourth-order valence-electron chi connectivity index (χ4n) is 7.57. The minimum absolute atomic E-state index is 1.18. The van der Waals surface area contributed by atoms with Crippen molar-refractivity contribution in [3.63, 3.8) is 0 Å². The summed E-state index contributed by atoms with van der Waals surface area (Å²) in [7, 11) is 0. The fourth-order valence-corrected chi connectivity index (χ4v) is 7.57. The summed E-state index contributed by atoms with van der Waals surface area (Å²) in [6.07, 6.45) is 0. The van der Waals surface area contributed by atoms with Gasteiger partial charge in [0.25, 0.3) is 0 Å². The molecule has 0 saturated heterocycles. The Morgan fingerprint density at radius 2 is 0.881 bits per heavy atom. The average molecular weight is 533 g/mol. The molecule has 7 aromatic carbocycles. The minimum Gasteiger partial charge on any atom is -0.309 e.